The molecule has 1 aliphatic rings. The number of aryl methyl sites for hydroxylation is 2. The van der Waals surface area contributed by atoms with Crippen LogP contribution in [-0.2, 0) is 11.3 Å². The molecular weight excluding hydrogens is 358 g/mol. The van der Waals surface area contributed by atoms with Gasteiger partial charge in [0.2, 0.25) is 11.9 Å². The number of fused-ring (bicyclic) bond motifs is 1. The largest absolute Gasteiger partial charge is 0.325 e. The Bertz CT molecular complexity index is 967. The van der Waals surface area contributed by atoms with Gasteiger partial charge in [-0.2, -0.15) is 0 Å². The van der Waals surface area contributed by atoms with Gasteiger partial charge in [0.05, 0.1) is 5.75 Å². The zero-order valence-corrected chi connectivity index (χ0v) is 16.2. The van der Waals surface area contributed by atoms with Crippen LogP contribution in [-0.4, -0.2) is 33.0 Å². The molecule has 0 radical (unpaired) electrons. The third-order valence-electron chi connectivity index (χ3n) is 4.58. The van der Waals surface area contributed by atoms with Crippen LogP contribution < -0.4 is 10.2 Å². The van der Waals surface area contributed by atoms with Crippen molar-refractivity contribution in [1.82, 2.24) is 14.8 Å². The van der Waals surface area contributed by atoms with E-state index in [0.717, 1.165) is 41.1 Å². The van der Waals surface area contributed by atoms with Crippen LogP contribution in [0.4, 0.5) is 17.3 Å². The van der Waals surface area contributed by atoms with Gasteiger partial charge < -0.3 is 10.2 Å². The van der Waals surface area contributed by atoms with Crippen molar-refractivity contribution in [1.29, 1.82) is 0 Å². The van der Waals surface area contributed by atoms with E-state index in [9.17, 15) is 4.79 Å². The minimum atomic E-state index is -0.0416. The van der Waals surface area contributed by atoms with Gasteiger partial charge in [-0.15, -0.1) is 10.2 Å². The van der Waals surface area contributed by atoms with Gasteiger partial charge >= 0.3 is 0 Å². The topological polar surface area (TPSA) is 63.1 Å². The van der Waals surface area contributed by atoms with Crippen LogP contribution >= 0.6 is 11.8 Å². The van der Waals surface area contributed by atoms with Gasteiger partial charge in [-0.25, -0.2) is 0 Å². The van der Waals surface area contributed by atoms with Crippen LogP contribution in [0.3, 0.4) is 0 Å². The number of thioether (sulfide) groups is 1. The molecule has 0 saturated heterocycles. The molecule has 7 heteroatoms. The summed E-state index contributed by atoms with van der Waals surface area (Å²) in [6.45, 7) is 5.73. The van der Waals surface area contributed by atoms with Gasteiger partial charge in [-0.05, 0) is 37.6 Å². The summed E-state index contributed by atoms with van der Waals surface area (Å²) in [5.41, 5.74) is 4.24. The highest BCUT2D eigenvalue weighted by Gasteiger charge is 2.26. The molecule has 0 spiro atoms. The van der Waals surface area contributed by atoms with Crippen LogP contribution in [0.5, 0.6) is 0 Å². The lowest BCUT2D eigenvalue weighted by Crippen LogP contribution is -2.15. The molecule has 1 aromatic heterocycles. The van der Waals surface area contributed by atoms with Crippen LogP contribution in [0, 0.1) is 13.8 Å². The number of nitrogens with zero attached hydrogens (tertiary/aromatic N) is 4. The lowest BCUT2D eigenvalue weighted by Gasteiger charge is -2.15. The molecule has 0 aliphatic carbocycles. The van der Waals surface area contributed by atoms with Crippen molar-refractivity contribution in [3.63, 3.8) is 0 Å². The second kappa shape index (κ2) is 7.44. The highest BCUT2D eigenvalue weighted by Crippen LogP contribution is 2.32. The van der Waals surface area contributed by atoms with Gasteiger partial charge in [0.1, 0.15) is 0 Å². The summed E-state index contributed by atoms with van der Waals surface area (Å²) < 4.78 is 2.07. The summed E-state index contributed by atoms with van der Waals surface area (Å²) in [6.07, 6.45) is 0. The van der Waals surface area contributed by atoms with Crippen LogP contribution in [0.25, 0.3) is 0 Å². The molecule has 0 fully saturated rings. The zero-order chi connectivity index (χ0) is 18.8. The molecule has 3 aromatic rings. The summed E-state index contributed by atoms with van der Waals surface area (Å²) in [5.74, 6) is 1.09. The normalized spacial score (nSPS) is 12.9. The fourth-order valence-electron chi connectivity index (χ4n) is 3.08. The minimum absolute atomic E-state index is 0.0416. The van der Waals surface area contributed by atoms with Crippen LogP contribution in [0.15, 0.2) is 53.7 Å². The molecule has 27 heavy (non-hydrogen) atoms. The monoisotopic (exact) mass is 379 g/mol. The second-order valence-electron chi connectivity index (χ2n) is 6.57. The summed E-state index contributed by atoms with van der Waals surface area (Å²) in [6, 6.07) is 16.2. The molecule has 0 unspecified atom stereocenters. The predicted molar refractivity (Wildman–Crippen MR) is 109 cm³/mol. The summed E-state index contributed by atoms with van der Waals surface area (Å²) in [5, 5.41) is 12.4. The van der Waals surface area contributed by atoms with Crippen molar-refractivity contribution in [2.24, 2.45) is 0 Å². The lowest BCUT2D eigenvalue weighted by molar-refractivity contribution is -0.113. The first-order chi connectivity index (χ1) is 13.1. The Balaban J connectivity index is 1.42. The van der Waals surface area contributed by atoms with Crippen molar-refractivity contribution >= 4 is 35.0 Å². The Morgan fingerprint density at radius 2 is 1.85 bits per heavy atom. The van der Waals surface area contributed by atoms with Crippen molar-refractivity contribution in [2.45, 2.75) is 25.5 Å². The van der Waals surface area contributed by atoms with Gasteiger partial charge in [0, 0.05) is 24.5 Å². The van der Waals surface area contributed by atoms with Crippen molar-refractivity contribution in [3.8, 4) is 0 Å². The number of rotatable bonds is 5. The van der Waals surface area contributed by atoms with E-state index in [1.165, 1.54) is 17.3 Å². The molecule has 0 saturated carbocycles. The highest BCUT2D eigenvalue weighted by atomic mass is 32.2. The standard InChI is InChI=1S/C20H21N5OS/c1-14-7-9-16(10-8-14)24-11-12-25-19(24)22-23-20(25)27-13-18(26)21-17-6-4-3-5-15(17)2/h3-10H,11-13H2,1-2H3,(H,21,26). The van der Waals surface area contributed by atoms with Crippen molar-refractivity contribution in [2.75, 3.05) is 22.5 Å². The molecule has 2 heterocycles. The molecule has 4 rings (SSSR count). The Kier molecular flexibility index (Phi) is 4.85. The summed E-state index contributed by atoms with van der Waals surface area (Å²) in [4.78, 5) is 14.4. The summed E-state index contributed by atoms with van der Waals surface area (Å²) >= 11 is 1.42. The third-order valence-corrected chi connectivity index (χ3v) is 5.55. The fourth-order valence-corrected chi connectivity index (χ4v) is 3.84. The zero-order valence-electron chi connectivity index (χ0n) is 15.3. The maximum Gasteiger partial charge on any atom is 0.234 e. The van der Waals surface area contributed by atoms with E-state index in [2.05, 4.69) is 56.2 Å². The predicted octanol–water partition coefficient (Wildman–Crippen LogP) is 3.78. The Morgan fingerprint density at radius 3 is 2.63 bits per heavy atom. The first-order valence-corrected chi connectivity index (χ1v) is 9.86. The van der Waals surface area contributed by atoms with Gasteiger partial charge in [-0.1, -0.05) is 47.7 Å². The number of nitrogens with one attached hydrogen (secondary N) is 1. The Labute approximate surface area is 162 Å². The van der Waals surface area contributed by atoms with Gasteiger partial charge in [0.15, 0.2) is 5.16 Å². The molecule has 138 valence electrons. The number of hydrogen-bond donors (Lipinski definition) is 1. The molecule has 2 aromatic carbocycles. The lowest BCUT2D eigenvalue weighted by atomic mass is 10.2. The average molecular weight is 379 g/mol. The second-order valence-corrected chi connectivity index (χ2v) is 7.52. The summed E-state index contributed by atoms with van der Waals surface area (Å²) in [7, 11) is 0. The van der Waals surface area contributed by atoms with Crippen molar-refractivity contribution in [3.05, 3.63) is 59.7 Å². The number of aromatic nitrogens is 3. The van der Waals surface area contributed by atoms with E-state index in [4.69, 9.17) is 0 Å². The molecule has 1 N–H and O–H groups in total. The number of carbonyl (C=O) groups excluding carboxylic acids is 1. The molecule has 0 atom stereocenters. The Hall–Kier alpha value is -2.80. The highest BCUT2D eigenvalue weighted by molar-refractivity contribution is 7.99. The minimum Gasteiger partial charge on any atom is -0.325 e. The van der Waals surface area contributed by atoms with Crippen molar-refractivity contribution < 1.29 is 4.79 Å². The quantitative estimate of drug-likeness (QED) is 0.684. The van der Waals surface area contributed by atoms with E-state index in [-0.39, 0.29) is 5.91 Å². The Morgan fingerprint density at radius 1 is 1.07 bits per heavy atom. The molecule has 1 amide bonds. The van der Waals surface area contributed by atoms with E-state index >= 15 is 0 Å². The first kappa shape index (κ1) is 17.6. The van der Waals surface area contributed by atoms with E-state index in [1.54, 1.807) is 0 Å². The maximum atomic E-state index is 12.3. The van der Waals surface area contributed by atoms with Crippen LogP contribution in [0.2, 0.25) is 0 Å². The average Bonchev–Trinajstić information content (AvgIpc) is 3.25. The van der Waals surface area contributed by atoms with E-state index in [1.807, 2.05) is 31.2 Å². The molecule has 0 bridgehead atoms. The number of hydrogen-bond acceptors (Lipinski definition) is 5. The van der Waals surface area contributed by atoms with Gasteiger partial charge in [0.25, 0.3) is 0 Å². The van der Waals surface area contributed by atoms with E-state index in [0.29, 0.717) is 5.75 Å². The van der Waals surface area contributed by atoms with Gasteiger partial charge in [-0.3, -0.25) is 9.36 Å². The number of anilines is 3. The van der Waals surface area contributed by atoms with Crippen LogP contribution in [0.1, 0.15) is 11.1 Å². The third kappa shape index (κ3) is 3.68. The fraction of sp³-hybridized carbons (Fsp3) is 0.250. The molecule has 6 nitrogen and oxygen atoms in total. The number of carbonyl (C=O) groups is 1. The maximum absolute atomic E-state index is 12.3. The number of amides is 1. The first-order valence-electron chi connectivity index (χ1n) is 8.87. The number of para-hydroxylation sites is 1. The number of benzene rings is 2. The van der Waals surface area contributed by atoms with E-state index < -0.39 is 0 Å². The smallest absolute Gasteiger partial charge is 0.234 e. The molecule has 1 aliphatic heterocycles. The SMILES string of the molecule is Cc1ccc(N2CCn3c(SCC(=O)Nc4ccccc4C)nnc32)cc1. The molecular formula is C20H21N5OS.